The minimum atomic E-state index is -0.396. The maximum Gasteiger partial charge on any atom is 0.0939 e. The summed E-state index contributed by atoms with van der Waals surface area (Å²) in [7, 11) is 1.70. The summed E-state index contributed by atoms with van der Waals surface area (Å²) in [6.07, 6.45) is 3.38. The Bertz CT molecular complexity index is 338. The molecule has 2 nitrogen and oxygen atoms in total. The second-order valence-electron chi connectivity index (χ2n) is 4.47. The molecule has 16 heavy (non-hydrogen) atoms. The van der Waals surface area contributed by atoms with Crippen LogP contribution in [-0.4, -0.2) is 23.9 Å². The summed E-state index contributed by atoms with van der Waals surface area (Å²) in [5, 5.41) is 10.2. The molecule has 0 saturated heterocycles. The zero-order chi connectivity index (χ0) is 11.6. The maximum atomic E-state index is 10.2. The molecule has 1 N–H and O–H groups in total. The molecule has 0 spiro atoms. The Kier molecular flexibility index (Phi) is 3.67. The third kappa shape index (κ3) is 2.31. The number of benzene rings is 1. The van der Waals surface area contributed by atoms with Gasteiger partial charge < -0.3 is 9.84 Å². The molecule has 1 aliphatic carbocycles. The minimum Gasteiger partial charge on any atom is -0.390 e. The van der Waals surface area contributed by atoms with Crippen LogP contribution in [0.5, 0.6) is 0 Å². The van der Waals surface area contributed by atoms with Gasteiger partial charge in [0.25, 0.3) is 0 Å². The zero-order valence-corrected chi connectivity index (χ0v) is 11.0. The zero-order valence-electron chi connectivity index (χ0n) is 9.45. The van der Waals surface area contributed by atoms with E-state index in [9.17, 15) is 5.11 Å². The Morgan fingerprint density at radius 2 is 2.00 bits per heavy atom. The molecular formula is C13H17BrO2. The van der Waals surface area contributed by atoms with Crippen molar-refractivity contribution in [3.05, 3.63) is 34.3 Å². The van der Waals surface area contributed by atoms with Crippen molar-refractivity contribution < 1.29 is 9.84 Å². The van der Waals surface area contributed by atoms with Crippen molar-refractivity contribution in [2.75, 3.05) is 7.11 Å². The second-order valence-corrected chi connectivity index (χ2v) is 5.38. The van der Waals surface area contributed by atoms with Crippen molar-refractivity contribution in [1.29, 1.82) is 0 Å². The third-order valence-corrected chi connectivity index (χ3v) is 4.08. The van der Waals surface area contributed by atoms with Crippen molar-refractivity contribution in [3.8, 4) is 0 Å². The Labute approximate surface area is 105 Å². The van der Waals surface area contributed by atoms with Crippen LogP contribution in [0.3, 0.4) is 0 Å². The molecule has 1 aliphatic rings. The molecule has 1 unspecified atom stereocenters. The maximum absolute atomic E-state index is 10.2. The molecule has 3 heteroatoms. The fraction of sp³-hybridized carbons (Fsp3) is 0.538. The van der Waals surface area contributed by atoms with Gasteiger partial charge >= 0.3 is 0 Å². The van der Waals surface area contributed by atoms with Crippen molar-refractivity contribution in [3.63, 3.8) is 0 Å². The third-order valence-electron chi connectivity index (χ3n) is 3.56. The van der Waals surface area contributed by atoms with Gasteiger partial charge in [-0.1, -0.05) is 28.1 Å². The standard InChI is InChI=1S/C13H17BrO2/c1-16-13(7-2-8-13)12(15)9-10-3-5-11(14)6-4-10/h3-6,12,15H,2,7-9H2,1H3. The molecule has 1 aromatic carbocycles. The first-order valence-electron chi connectivity index (χ1n) is 5.64. The van der Waals surface area contributed by atoms with Crippen LogP contribution in [0.25, 0.3) is 0 Å². The summed E-state index contributed by atoms with van der Waals surface area (Å²) in [6.45, 7) is 0. The molecule has 1 saturated carbocycles. The highest BCUT2D eigenvalue weighted by molar-refractivity contribution is 9.10. The lowest BCUT2D eigenvalue weighted by molar-refractivity contribution is -0.148. The molecule has 1 fully saturated rings. The molecule has 0 radical (unpaired) electrons. The van der Waals surface area contributed by atoms with Gasteiger partial charge in [-0.2, -0.15) is 0 Å². The van der Waals surface area contributed by atoms with Gasteiger partial charge in [-0.15, -0.1) is 0 Å². The second kappa shape index (κ2) is 4.86. The van der Waals surface area contributed by atoms with Gasteiger partial charge in [0.2, 0.25) is 0 Å². The largest absolute Gasteiger partial charge is 0.390 e. The predicted octanol–water partition coefficient (Wildman–Crippen LogP) is 2.92. The molecule has 88 valence electrons. The molecule has 0 bridgehead atoms. The van der Waals surface area contributed by atoms with Crippen LogP contribution in [0.2, 0.25) is 0 Å². The highest BCUT2D eigenvalue weighted by atomic mass is 79.9. The number of hydrogen-bond donors (Lipinski definition) is 1. The summed E-state index contributed by atoms with van der Waals surface area (Å²) in [4.78, 5) is 0. The lowest BCUT2D eigenvalue weighted by Gasteiger charge is -2.44. The minimum absolute atomic E-state index is 0.285. The van der Waals surface area contributed by atoms with Crippen LogP contribution in [0, 0.1) is 0 Å². The Morgan fingerprint density at radius 3 is 2.44 bits per heavy atom. The van der Waals surface area contributed by atoms with Gasteiger partial charge in [-0.25, -0.2) is 0 Å². The Balaban J connectivity index is 2.01. The quantitative estimate of drug-likeness (QED) is 0.921. The van der Waals surface area contributed by atoms with Crippen LogP contribution in [0.1, 0.15) is 24.8 Å². The monoisotopic (exact) mass is 284 g/mol. The van der Waals surface area contributed by atoms with E-state index in [1.54, 1.807) is 7.11 Å². The normalized spacial score (nSPS) is 20.2. The summed E-state index contributed by atoms with van der Waals surface area (Å²) in [6, 6.07) is 8.08. The predicted molar refractivity (Wildman–Crippen MR) is 67.4 cm³/mol. The lowest BCUT2D eigenvalue weighted by atomic mass is 9.74. The SMILES string of the molecule is COC1(C(O)Cc2ccc(Br)cc2)CCC1. The van der Waals surface area contributed by atoms with Crippen molar-refractivity contribution in [1.82, 2.24) is 0 Å². The van der Waals surface area contributed by atoms with Gasteiger partial charge in [0.15, 0.2) is 0 Å². The van der Waals surface area contributed by atoms with E-state index in [-0.39, 0.29) is 5.60 Å². The highest BCUT2D eigenvalue weighted by Crippen LogP contribution is 2.39. The number of aliphatic hydroxyl groups is 1. The van der Waals surface area contributed by atoms with Gasteiger partial charge in [-0.3, -0.25) is 0 Å². The average Bonchev–Trinajstić information content (AvgIpc) is 2.21. The summed E-state index contributed by atoms with van der Waals surface area (Å²) in [5.74, 6) is 0. The first-order chi connectivity index (χ1) is 7.66. The highest BCUT2D eigenvalue weighted by Gasteiger charge is 2.43. The van der Waals surface area contributed by atoms with E-state index in [1.807, 2.05) is 24.3 Å². The molecule has 1 atom stereocenters. The van der Waals surface area contributed by atoms with E-state index in [1.165, 1.54) is 0 Å². The first kappa shape index (κ1) is 12.1. The van der Waals surface area contributed by atoms with E-state index < -0.39 is 6.10 Å². The number of halogens is 1. The van der Waals surface area contributed by atoms with Crippen molar-refractivity contribution in [2.24, 2.45) is 0 Å². The van der Waals surface area contributed by atoms with Gasteiger partial charge in [0.05, 0.1) is 11.7 Å². The van der Waals surface area contributed by atoms with E-state index in [0.29, 0.717) is 6.42 Å². The van der Waals surface area contributed by atoms with Crippen LogP contribution in [0.15, 0.2) is 28.7 Å². The fourth-order valence-electron chi connectivity index (χ4n) is 2.23. The van der Waals surface area contributed by atoms with Crippen molar-refractivity contribution in [2.45, 2.75) is 37.4 Å². The number of methoxy groups -OCH3 is 1. The average molecular weight is 285 g/mol. The van der Waals surface area contributed by atoms with E-state index >= 15 is 0 Å². The van der Waals surface area contributed by atoms with Crippen molar-refractivity contribution >= 4 is 15.9 Å². The molecule has 0 aromatic heterocycles. The Morgan fingerprint density at radius 1 is 1.38 bits per heavy atom. The molecule has 0 amide bonds. The fourth-order valence-corrected chi connectivity index (χ4v) is 2.49. The van der Waals surface area contributed by atoms with E-state index in [2.05, 4.69) is 15.9 Å². The molecule has 0 heterocycles. The van der Waals surface area contributed by atoms with E-state index in [4.69, 9.17) is 4.74 Å². The van der Waals surface area contributed by atoms with Crippen LogP contribution in [0.4, 0.5) is 0 Å². The van der Waals surface area contributed by atoms with E-state index in [0.717, 1.165) is 29.3 Å². The van der Waals surface area contributed by atoms with Crippen LogP contribution in [-0.2, 0) is 11.2 Å². The van der Waals surface area contributed by atoms with Gasteiger partial charge in [-0.05, 0) is 37.0 Å². The van der Waals surface area contributed by atoms with Gasteiger partial charge in [0, 0.05) is 18.0 Å². The summed E-state index contributed by atoms with van der Waals surface area (Å²) in [5.41, 5.74) is 0.867. The molecular weight excluding hydrogens is 268 g/mol. The number of rotatable bonds is 4. The first-order valence-corrected chi connectivity index (χ1v) is 6.43. The van der Waals surface area contributed by atoms with Crippen LogP contribution < -0.4 is 0 Å². The van der Waals surface area contributed by atoms with Crippen LogP contribution >= 0.6 is 15.9 Å². The Hall–Kier alpha value is -0.380. The van der Waals surface area contributed by atoms with Gasteiger partial charge in [0.1, 0.15) is 0 Å². The number of hydrogen-bond acceptors (Lipinski definition) is 2. The summed E-state index contributed by atoms with van der Waals surface area (Å²) < 4.78 is 6.54. The summed E-state index contributed by atoms with van der Waals surface area (Å²) >= 11 is 3.40. The lowest BCUT2D eigenvalue weighted by Crippen LogP contribution is -2.50. The number of aliphatic hydroxyl groups excluding tert-OH is 1. The molecule has 2 rings (SSSR count). The topological polar surface area (TPSA) is 29.5 Å². The smallest absolute Gasteiger partial charge is 0.0939 e. The molecule has 1 aromatic rings. The number of ether oxygens (including phenoxy) is 1. The molecule has 0 aliphatic heterocycles.